The fourth-order valence-corrected chi connectivity index (χ4v) is 2.74. The highest BCUT2D eigenvalue weighted by atomic mass is 16.5. The molecule has 0 bridgehead atoms. The number of nitrogens with zero attached hydrogens (tertiary/aromatic N) is 2. The topological polar surface area (TPSA) is 67.3 Å². The van der Waals surface area contributed by atoms with Gasteiger partial charge >= 0.3 is 5.69 Å². The van der Waals surface area contributed by atoms with Crippen LogP contribution in [0.3, 0.4) is 0 Å². The van der Waals surface area contributed by atoms with Crippen molar-refractivity contribution in [1.82, 2.24) is 9.55 Å². The van der Waals surface area contributed by atoms with E-state index in [0.29, 0.717) is 30.1 Å². The van der Waals surface area contributed by atoms with Gasteiger partial charge in [0.2, 0.25) is 0 Å². The first-order valence-electron chi connectivity index (χ1n) is 7.44. The van der Waals surface area contributed by atoms with Crippen molar-refractivity contribution in [2.45, 2.75) is 13.3 Å². The maximum atomic E-state index is 12.3. The molecule has 0 saturated heterocycles. The summed E-state index contributed by atoms with van der Waals surface area (Å²) in [6.07, 6.45) is 2.28. The average molecular weight is 313 g/mol. The Hall–Kier alpha value is -2.76. The zero-order valence-corrected chi connectivity index (χ0v) is 13.4. The van der Waals surface area contributed by atoms with E-state index < -0.39 is 5.69 Å². The minimum Gasteiger partial charge on any atom is -0.465 e. The van der Waals surface area contributed by atoms with Gasteiger partial charge in [-0.15, -0.1) is 0 Å². The third-order valence-electron chi connectivity index (χ3n) is 4.05. The Morgan fingerprint density at radius 2 is 1.87 bits per heavy atom. The van der Waals surface area contributed by atoms with Crippen molar-refractivity contribution in [2.75, 3.05) is 18.5 Å². The molecular weight excluding hydrogens is 294 g/mol. The van der Waals surface area contributed by atoms with E-state index in [0.717, 1.165) is 11.1 Å². The summed E-state index contributed by atoms with van der Waals surface area (Å²) in [5, 5.41) is 0. The smallest absolute Gasteiger partial charge is 0.329 e. The van der Waals surface area contributed by atoms with Gasteiger partial charge in [0.05, 0.1) is 11.8 Å². The van der Waals surface area contributed by atoms with Gasteiger partial charge in [0.15, 0.2) is 0 Å². The van der Waals surface area contributed by atoms with E-state index in [2.05, 4.69) is 4.98 Å². The van der Waals surface area contributed by atoms with E-state index >= 15 is 0 Å². The molecule has 1 N–H and O–H groups in total. The average Bonchev–Trinajstić information content (AvgIpc) is 2.53. The first-order chi connectivity index (χ1) is 11.0. The van der Waals surface area contributed by atoms with Crippen molar-refractivity contribution in [3.63, 3.8) is 0 Å². The van der Waals surface area contributed by atoms with Gasteiger partial charge in [-0.05, 0) is 25.5 Å². The lowest BCUT2D eigenvalue weighted by Gasteiger charge is -2.29. The van der Waals surface area contributed by atoms with Gasteiger partial charge in [-0.3, -0.25) is 14.3 Å². The summed E-state index contributed by atoms with van der Waals surface area (Å²) < 4.78 is 7.15. The molecular formula is C17H19N3O3. The lowest BCUT2D eigenvalue weighted by Crippen LogP contribution is -2.39. The standard InChI is InChI=1S/C17H19N3O3/c1-11-4-6-13(7-5-11)23-10-12-8-9-19(2)16-14(12)15(21)18-17(22)20(16)3/h4-7,10H,8-9H2,1-3H3,(H,18,21,22)/b12-10-. The highest BCUT2D eigenvalue weighted by molar-refractivity contribution is 5.76. The lowest BCUT2D eigenvalue weighted by atomic mass is 10.0. The second kappa shape index (κ2) is 5.79. The SMILES string of the molecule is Cc1ccc(O/C=C2/CCN(C)c3c2c(=O)[nH]c(=O)n3C)cc1. The van der Waals surface area contributed by atoms with Gasteiger partial charge in [0, 0.05) is 26.2 Å². The fourth-order valence-electron chi connectivity index (χ4n) is 2.74. The first kappa shape index (κ1) is 15.1. The highest BCUT2D eigenvalue weighted by Crippen LogP contribution is 2.29. The summed E-state index contributed by atoms with van der Waals surface area (Å²) >= 11 is 0. The van der Waals surface area contributed by atoms with Crippen molar-refractivity contribution in [2.24, 2.45) is 7.05 Å². The molecule has 1 aromatic carbocycles. The Balaban J connectivity index is 2.04. The van der Waals surface area contributed by atoms with Gasteiger partial charge in [0.1, 0.15) is 11.6 Å². The molecule has 1 aliphatic rings. The van der Waals surface area contributed by atoms with E-state index in [9.17, 15) is 9.59 Å². The molecule has 1 aliphatic heterocycles. The number of benzene rings is 1. The summed E-state index contributed by atoms with van der Waals surface area (Å²) in [6, 6.07) is 7.69. The van der Waals surface area contributed by atoms with Gasteiger partial charge in [-0.2, -0.15) is 0 Å². The van der Waals surface area contributed by atoms with Crippen LogP contribution in [0.25, 0.3) is 5.57 Å². The van der Waals surface area contributed by atoms with Gasteiger partial charge in [-0.1, -0.05) is 17.7 Å². The molecule has 0 radical (unpaired) electrons. The minimum atomic E-state index is -0.415. The molecule has 0 unspecified atom stereocenters. The predicted molar refractivity (Wildman–Crippen MR) is 90.0 cm³/mol. The maximum absolute atomic E-state index is 12.3. The van der Waals surface area contributed by atoms with E-state index in [4.69, 9.17) is 4.74 Å². The molecule has 0 saturated carbocycles. The number of anilines is 1. The third kappa shape index (κ3) is 2.79. The van der Waals surface area contributed by atoms with Crippen LogP contribution in [0.1, 0.15) is 17.5 Å². The number of fused-ring (bicyclic) bond motifs is 1. The number of aryl methyl sites for hydroxylation is 1. The van der Waals surface area contributed by atoms with Crippen LogP contribution < -0.4 is 20.9 Å². The minimum absolute atomic E-state index is 0.381. The number of aromatic amines is 1. The summed E-state index contributed by atoms with van der Waals surface area (Å²) in [5.41, 5.74) is 1.64. The Bertz CT molecular complexity index is 875. The fraction of sp³-hybridized carbons (Fsp3) is 0.294. The normalized spacial score (nSPS) is 15.6. The summed E-state index contributed by atoms with van der Waals surface area (Å²) in [4.78, 5) is 28.3. The largest absolute Gasteiger partial charge is 0.465 e. The van der Waals surface area contributed by atoms with Crippen molar-refractivity contribution < 1.29 is 4.74 Å². The molecule has 2 aromatic rings. The maximum Gasteiger partial charge on any atom is 0.329 e. The zero-order valence-electron chi connectivity index (χ0n) is 13.4. The number of H-pyrrole nitrogens is 1. The van der Waals surface area contributed by atoms with Crippen LogP contribution in [0, 0.1) is 6.92 Å². The van der Waals surface area contributed by atoms with Crippen LogP contribution in [0.2, 0.25) is 0 Å². The van der Waals surface area contributed by atoms with Gasteiger partial charge in [-0.25, -0.2) is 4.79 Å². The molecule has 0 aliphatic carbocycles. The molecule has 6 heteroatoms. The molecule has 0 spiro atoms. The van der Waals surface area contributed by atoms with E-state index in [1.54, 1.807) is 13.3 Å². The molecule has 0 fully saturated rings. The number of hydrogen-bond donors (Lipinski definition) is 1. The number of nitrogens with one attached hydrogen (secondary N) is 1. The Morgan fingerprint density at radius 3 is 2.57 bits per heavy atom. The van der Waals surface area contributed by atoms with E-state index in [-0.39, 0.29) is 5.56 Å². The van der Waals surface area contributed by atoms with Crippen LogP contribution in [0.5, 0.6) is 5.75 Å². The van der Waals surface area contributed by atoms with Crippen molar-refractivity contribution in [3.8, 4) is 5.75 Å². The van der Waals surface area contributed by atoms with E-state index in [1.807, 2.05) is 43.1 Å². The molecule has 0 amide bonds. The molecule has 0 atom stereocenters. The Labute approximate surface area is 133 Å². The second-order valence-corrected chi connectivity index (χ2v) is 5.76. The molecule has 2 heterocycles. The highest BCUT2D eigenvalue weighted by Gasteiger charge is 2.24. The van der Waals surface area contributed by atoms with Gasteiger partial charge in [0.25, 0.3) is 5.56 Å². The molecule has 6 nitrogen and oxygen atoms in total. The zero-order chi connectivity index (χ0) is 16.6. The summed E-state index contributed by atoms with van der Waals surface area (Å²) in [6.45, 7) is 2.72. The van der Waals surface area contributed by atoms with Crippen LogP contribution in [-0.2, 0) is 7.05 Å². The molecule has 23 heavy (non-hydrogen) atoms. The second-order valence-electron chi connectivity index (χ2n) is 5.76. The monoisotopic (exact) mass is 313 g/mol. The lowest BCUT2D eigenvalue weighted by molar-refractivity contribution is 0.481. The third-order valence-corrected chi connectivity index (χ3v) is 4.05. The predicted octanol–water partition coefficient (Wildman–Crippen LogP) is 1.64. The van der Waals surface area contributed by atoms with Gasteiger partial charge < -0.3 is 9.64 Å². The first-order valence-corrected chi connectivity index (χ1v) is 7.44. The molecule has 1 aromatic heterocycles. The van der Waals surface area contributed by atoms with Crippen LogP contribution in [-0.4, -0.2) is 23.1 Å². The quantitative estimate of drug-likeness (QED) is 0.856. The number of aromatic nitrogens is 2. The van der Waals surface area contributed by atoms with Crippen LogP contribution >= 0.6 is 0 Å². The van der Waals surface area contributed by atoms with Crippen molar-refractivity contribution in [3.05, 3.63) is 62.5 Å². The number of rotatable bonds is 2. The summed E-state index contributed by atoms with van der Waals surface area (Å²) in [7, 11) is 3.52. The molecule has 120 valence electrons. The van der Waals surface area contributed by atoms with Crippen molar-refractivity contribution in [1.29, 1.82) is 0 Å². The Morgan fingerprint density at radius 1 is 1.17 bits per heavy atom. The number of ether oxygens (including phenoxy) is 1. The summed E-state index contributed by atoms with van der Waals surface area (Å²) in [5.74, 6) is 1.33. The Kier molecular flexibility index (Phi) is 3.82. The van der Waals surface area contributed by atoms with Crippen LogP contribution in [0.15, 0.2) is 40.1 Å². The van der Waals surface area contributed by atoms with E-state index in [1.165, 1.54) is 4.57 Å². The van der Waals surface area contributed by atoms with Crippen LogP contribution in [0.4, 0.5) is 5.82 Å². The molecule has 3 rings (SSSR count). The van der Waals surface area contributed by atoms with Crippen molar-refractivity contribution >= 4 is 11.4 Å². The number of hydrogen-bond acceptors (Lipinski definition) is 4.